The minimum absolute atomic E-state index is 0.121. The lowest BCUT2D eigenvalue weighted by atomic mass is 9.85. The number of benzene rings is 2. The SMILES string of the molecule is CC[C@@H](CC(=O)O)c1ccc(Cl)c(NC(=O)[C@H](c2ccc(Cl)cc2)[C@@H](C)C(F)(F)F)c1. The number of nitrogens with one attached hydrogen (secondary N) is 1. The Morgan fingerprint density at radius 3 is 2.16 bits per heavy atom. The Morgan fingerprint density at radius 1 is 1.06 bits per heavy atom. The number of amides is 1. The molecule has 0 bridgehead atoms. The highest BCUT2D eigenvalue weighted by molar-refractivity contribution is 6.33. The topological polar surface area (TPSA) is 66.4 Å². The summed E-state index contributed by atoms with van der Waals surface area (Å²) in [7, 11) is 0. The van der Waals surface area contributed by atoms with E-state index in [1.807, 2.05) is 6.92 Å². The number of aliphatic carboxylic acids is 1. The summed E-state index contributed by atoms with van der Waals surface area (Å²) in [6, 6.07) is 10.2. The summed E-state index contributed by atoms with van der Waals surface area (Å²) in [4.78, 5) is 24.1. The van der Waals surface area contributed by atoms with Crippen LogP contribution in [0.15, 0.2) is 42.5 Å². The Morgan fingerprint density at radius 2 is 1.65 bits per heavy atom. The molecule has 2 rings (SSSR count). The number of carboxylic acids is 1. The largest absolute Gasteiger partial charge is 0.481 e. The Kier molecular flexibility index (Phi) is 8.37. The second kappa shape index (κ2) is 10.4. The summed E-state index contributed by atoms with van der Waals surface area (Å²) >= 11 is 12.0. The van der Waals surface area contributed by atoms with Gasteiger partial charge < -0.3 is 10.4 Å². The summed E-state index contributed by atoms with van der Waals surface area (Å²) < 4.78 is 40.5. The normalized spacial score (nSPS) is 14.5. The van der Waals surface area contributed by atoms with Crippen LogP contribution in [0, 0.1) is 5.92 Å². The van der Waals surface area contributed by atoms with E-state index in [4.69, 9.17) is 28.3 Å². The van der Waals surface area contributed by atoms with Crippen LogP contribution in [0.4, 0.5) is 18.9 Å². The molecule has 9 heteroatoms. The van der Waals surface area contributed by atoms with E-state index in [0.29, 0.717) is 17.0 Å². The van der Waals surface area contributed by atoms with E-state index in [-0.39, 0.29) is 28.6 Å². The molecule has 0 aliphatic heterocycles. The summed E-state index contributed by atoms with van der Waals surface area (Å²) in [6.45, 7) is 2.76. The quantitative estimate of drug-likeness (QED) is 0.437. The summed E-state index contributed by atoms with van der Waals surface area (Å²) in [5, 5.41) is 12.1. The monoisotopic (exact) mass is 475 g/mol. The van der Waals surface area contributed by atoms with Crippen molar-refractivity contribution in [2.45, 2.75) is 44.7 Å². The first kappa shape index (κ1) is 25.0. The molecule has 0 spiro atoms. The maximum absolute atomic E-state index is 13.5. The standard InChI is InChI=1S/C22H22Cl2F3NO3/c1-3-13(11-19(29)30)15-6-9-17(24)18(10-15)28-21(31)20(12(2)22(25,26)27)14-4-7-16(23)8-5-14/h4-10,12-13,20H,3,11H2,1-2H3,(H,28,31)(H,29,30)/t12-,13+,20+/m1/s1. The molecule has 0 radical (unpaired) electrons. The van der Waals surface area contributed by atoms with Crippen LogP contribution < -0.4 is 5.32 Å². The molecule has 0 aromatic heterocycles. The van der Waals surface area contributed by atoms with Gasteiger partial charge in [-0.25, -0.2) is 0 Å². The number of hydrogen-bond donors (Lipinski definition) is 2. The predicted molar refractivity (Wildman–Crippen MR) is 115 cm³/mol. The Hall–Kier alpha value is -2.25. The number of anilines is 1. The van der Waals surface area contributed by atoms with Crippen molar-refractivity contribution in [3.8, 4) is 0 Å². The molecule has 2 aromatic carbocycles. The molecule has 0 aliphatic rings. The third kappa shape index (κ3) is 6.61. The van der Waals surface area contributed by atoms with Gasteiger partial charge in [0.2, 0.25) is 5.91 Å². The Balaban J connectivity index is 2.39. The van der Waals surface area contributed by atoms with E-state index in [1.165, 1.54) is 36.4 Å². The fourth-order valence-electron chi connectivity index (χ4n) is 3.34. The van der Waals surface area contributed by atoms with E-state index in [9.17, 15) is 22.8 Å². The molecule has 0 heterocycles. The molecule has 4 nitrogen and oxygen atoms in total. The number of alkyl halides is 3. The lowest BCUT2D eigenvalue weighted by Gasteiger charge is -2.26. The third-order valence-electron chi connectivity index (χ3n) is 5.16. The maximum Gasteiger partial charge on any atom is 0.392 e. The summed E-state index contributed by atoms with van der Waals surface area (Å²) in [5.74, 6) is -5.68. The van der Waals surface area contributed by atoms with E-state index in [1.54, 1.807) is 6.07 Å². The molecule has 0 unspecified atom stereocenters. The van der Waals surface area contributed by atoms with Crippen molar-refractivity contribution in [2.75, 3.05) is 5.32 Å². The molecule has 168 valence electrons. The van der Waals surface area contributed by atoms with Crippen molar-refractivity contribution in [1.82, 2.24) is 0 Å². The molecule has 2 N–H and O–H groups in total. The molecular formula is C22H22Cl2F3NO3. The lowest BCUT2D eigenvalue weighted by molar-refractivity contribution is -0.178. The first-order valence-corrected chi connectivity index (χ1v) is 10.3. The van der Waals surface area contributed by atoms with E-state index in [0.717, 1.165) is 6.92 Å². The number of hydrogen-bond acceptors (Lipinski definition) is 2. The molecule has 0 saturated heterocycles. The van der Waals surface area contributed by atoms with Crippen molar-refractivity contribution in [2.24, 2.45) is 5.92 Å². The fourth-order valence-corrected chi connectivity index (χ4v) is 3.63. The van der Waals surface area contributed by atoms with Gasteiger partial charge in [-0.1, -0.05) is 55.2 Å². The molecular weight excluding hydrogens is 454 g/mol. The number of carboxylic acid groups (broad SMARTS) is 1. The molecule has 2 aromatic rings. The van der Waals surface area contributed by atoms with Crippen LogP contribution in [0.5, 0.6) is 0 Å². The first-order chi connectivity index (χ1) is 14.4. The van der Waals surface area contributed by atoms with Crippen LogP contribution in [0.3, 0.4) is 0 Å². The predicted octanol–water partition coefficient (Wildman–Crippen LogP) is 6.88. The van der Waals surface area contributed by atoms with E-state index < -0.39 is 29.9 Å². The number of rotatable bonds is 8. The van der Waals surface area contributed by atoms with Gasteiger partial charge >= 0.3 is 12.1 Å². The van der Waals surface area contributed by atoms with Gasteiger partial charge in [0.05, 0.1) is 29.0 Å². The van der Waals surface area contributed by atoms with Crippen LogP contribution in [-0.2, 0) is 9.59 Å². The van der Waals surface area contributed by atoms with E-state index in [2.05, 4.69) is 5.32 Å². The maximum atomic E-state index is 13.5. The molecule has 1 amide bonds. The van der Waals surface area contributed by atoms with Gasteiger partial charge in [0.15, 0.2) is 0 Å². The van der Waals surface area contributed by atoms with Gasteiger partial charge in [0, 0.05) is 5.02 Å². The van der Waals surface area contributed by atoms with Crippen molar-refractivity contribution in [3.63, 3.8) is 0 Å². The molecule has 0 fully saturated rings. The molecule has 3 atom stereocenters. The van der Waals surface area contributed by atoms with Crippen molar-refractivity contribution < 1.29 is 27.9 Å². The second-order valence-electron chi connectivity index (χ2n) is 7.29. The van der Waals surface area contributed by atoms with Crippen molar-refractivity contribution >= 4 is 40.8 Å². The average Bonchev–Trinajstić information content (AvgIpc) is 2.68. The van der Waals surface area contributed by atoms with Gasteiger partial charge in [0.25, 0.3) is 0 Å². The summed E-state index contributed by atoms with van der Waals surface area (Å²) in [5.41, 5.74) is 0.911. The van der Waals surface area contributed by atoms with Crippen LogP contribution >= 0.6 is 23.2 Å². The number of halogens is 5. The van der Waals surface area contributed by atoms with Crippen LogP contribution in [0.25, 0.3) is 0 Å². The first-order valence-electron chi connectivity index (χ1n) is 9.58. The van der Waals surface area contributed by atoms with Crippen LogP contribution in [0.1, 0.15) is 49.7 Å². The van der Waals surface area contributed by atoms with Crippen molar-refractivity contribution in [1.29, 1.82) is 0 Å². The van der Waals surface area contributed by atoms with Gasteiger partial charge in [-0.2, -0.15) is 13.2 Å². The minimum Gasteiger partial charge on any atom is -0.481 e. The van der Waals surface area contributed by atoms with E-state index >= 15 is 0 Å². The number of carbonyl (C=O) groups is 2. The van der Waals surface area contributed by atoms with Gasteiger partial charge in [-0.15, -0.1) is 0 Å². The zero-order chi connectivity index (χ0) is 23.3. The highest BCUT2D eigenvalue weighted by atomic mass is 35.5. The zero-order valence-corrected chi connectivity index (χ0v) is 18.4. The second-order valence-corrected chi connectivity index (χ2v) is 8.13. The molecule has 0 aliphatic carbocycles. The lowest BCUT2D eigenvalue weighted by Crippen LogP contribution is -2.34. The fraction of sp³-hybridized carbons (Fsp3) is 0.364. The zero-order valence-electron chi connectivity index (χ0n) is 16.8. The third-order valence-corrected chi connectivity index (χ3v) is 5.74. The minimum atomic E-state index is -4.61. The Labute approximate surface area is 188 Å². The highest BCUT2D eigenvalue weighted by Gasteiger charge is 2.45. The highest BCUT2D eigenvalue weighted by Crippen LogP contribution is 2.39. The van der Waals surface area contributed by atoms with Gasteiger partial charge in [0.1, 0.15) is 0 Å². The molecule has 31 heavy (non-hydrogen) atoms. The van der Waals surface area contributed by atoms with Gasteiger partial charge in [-0.05, 0) is 47.7 Å². The molecule has 0 saturated carbocycles. The average molecular weight is 476 g/mol. The Bertz CT molecular complexity index is 933. The van der Waals surface area contributed by atoms with Crippen molar-refractivity contribution in [3.05, 3.63) is 63.6 Å². The number of carbonyl (C=O) groups excluding carboxylic acids is 1. The summed E-state index contributed by atoms with van der Waals surface area (Å²) in [6.07, 6.45) is -4.20. The van der Waals surface area contributed by atoms with Gasteiger partial charge in [-0.3, -0.25) is 9.59 Å². The van der Waals surface area contributed by atoms with Crippen LogP contribution in [0.2, 0.25) is 10.0 Å². The smallest absolute Gasteiger partial charge is 0.392 e. The van der Waals surface area contributed by atoms with Crippen LogP contribution in [-0.4, -0.2) is 23.2 Å².